The van der Waals surface area contributed by atoms with E-state index < -0.39 is 40.7 Å². The van der Waals surface area contributed by atoms with E-state index in [2.05, 4.69) is 10.6 Å². The Morgan fingerprint density at radius 3 is 2.37 bits per heavy atom. The Bertz CT molecular complexity index is 1090. The number of non-ortho nitro benzene ring substituents is 1. The molecule has 1 heterocycles. The molecule has 11 heteroatoms. The number of nitro groups is 1. The zero-order valence-electron chi connectivity index (χ0n) is 18.9. The van der Waals surface area contributed by atoms with E-state index in [9.17, 15) is 29.3 Å². The standard InChI is InChI=1S/C24H26N4O7/c29-21(12-13-22(30)31)27-14-4-7-20(27)24(33)26-19(15-16-5-2-1-3-6-16)23(32)25-17-8-10-18(11-9-17)28(34)35/h1-3,5-6,8-11,19-20H,4,7,12-15H2,(H,25,32)(H,26,33)(H,30,31)/t19-,20-/m0/s1. The number of hydrogen-bond acceptors (Lipinski definition) is 6. The van der Waals surface area contributed by atoms with Gasteiger partial charge in [-0.2, -0.15) is 0 Å². The van der Waals surface area contributed by atoms with Crippen LogP contribution in [0.25, 0.3) is 0 Å². The Labute approximate surface area is 201 Å². The number of carbonyl (C=O) groups is 4. The molecule has 1 fully saturated rings. The first-order chi connectivity index (χ1) is 16.7. The van der Waals surface area contributed by atoms with Crippen LogP contribution in [0.2, 0.25) is 0 Å². The van der Waals surface area contributed by atoms with Gasteiger partial charge in [0.15, 0.2) is 0 Å². The summed E-state index contributed by atoms with van der Waals surface area (Å²) in [6.07, 6.45) is 0.665. The number of carboxylic acid groups (broad SMARTS) is 1. The van der Waals surface area contributed by atoms with Crippen molar-refractivity contribution < 1.29 is 29.2 Å². The fourth-order valence-electron chi connectivity index (χ4n) is 3.92. The van der Waals surface area contributed by atoms with Gasteiger partial charge in [0.2, 0.25) is 17.7 Å². The van der Waals surface area contributed by atoms with Gasteiger partial charge in [0, 0.05) is 37.2 Å². The molecule has 0 spiro atoms. The van der Waals surface area contributed by atoms with Gasteiger partial charge in [-0.15, -0.1) is 0 Å². The molecule has 1 saturated heterocycles. The Morgan fingerprint density at radius 2 is 1.74 bits per heavy atom. The molecule has 0 aromatic heterocycles. The predicted molar refractivity (Wildman–Crippen MR) is 125 cm³/mol. The molecule has 3 amide bonds. The highest BCUT2D eigenvalue weighted by atomic mass is 16.6. The summed E-state index contributed by atoms with van der Waals surface area (Å²) < 4.78 is 0. The maximum absolute atomic E-state index is 13.1. The number of hydrogen-bond donors (Lipinski definition) is 3. The van der Waals surface area contributed by atoms with Gasteiger partial charge in [-0.25, -0.2) is 0 Å². The Kier molecular flexibility index (Phi) is 8.49. The van der Waals surface area contributed by atoms with E-state index >= 15 is 0 Å². The Hall–Kier alpha value is -4.28. The molecular weight excluding hydrogens is 456 g/mol. The molecule has 0 aliphatic carbocycles. The lowest BCUT2D eigenvalue weighted by Gasteiger charge is -2.26. The van der Waals surface area contributed by atoms with E-state index in [4.69, 9.17) is 5.11 Å². The number of rotatable bonds is 10. The van der Waals surface area contributed by atoms with Gasteiger partial charge in [-0.3, -0.25) is 29.3 Å². The number of nitro benzene ring substituents is 1. The van der Waals surface area contributed by atoms with Gasteiger partial charge in [-0.1, -0.05) is 30.3 Å². The fraction of sp³-hybridized carbons (Fsp3) is 0.333. The van der Waals surface area contributed by atoms with Crippen LogP contribution in [0, 0.1) is 10.1 Å². The quantitative estimate of drug-likeness (QED) is 0.345. The van der Waals surface area contributed by atoms with Gasteiger partial charge < -0.3 is 20.6 Å². The first kappa shape index (κ1) is 25.3. The van der Waals surface area contributed by atoms with Crippen molar-refractivity contribution in [3.63, 3.8) is 0 Å². The third-order valence-electron chi connectivity index (χ3n) is 5.69. The van der Waals surface area contributed by atoms with E-state index in [0.29, 0.717) is 25.1 Å². The predicted octanol–water partition coefficient (Wildman–Crippen LogP) is 2.12. The highest BCUT2D eigenvalue weighted by molar-refractivity contribution is 5.98. The first-order valence-electron chi connectivity index (χ1n) is 11.2. The third-order valence-corrected chi connectivity index (χ3v) is 5.69. The zero-order valence-corrected chi connectivity index (χ0v) is 18.9. The van der Waals surface area contributed by atoms with Crippen LogP contribution >= 0.6 is 0 Å². The molecule has 1 aliphatic heterocycles. The summed E-state index contributed by atoms with van der Waals surface area (Å²) in [5, 5.41) is 25.1. The first-order valence-corrected chi connectivity index (χ1v) is 11.2. The van der Waals surface area contributed by atoms with Gasteiger partial charge in [0.05, 0.1) is 11.3 Å². The monoisotopic (exact) mass is 482 g/mol. The second-order valence-corrected chi connectivity index (χ2v) is 8.18. The number of aliphatic carboxylic acids is 1. The smallest absolute Gasteiger partial charge is 0.303 e. The second-order valence-electron chi connectivity index (χ2n) is 8.18. The number of nitrogens with one attached hydrogen (secondary N) is 2. The van der Waals surface area contributed by atoms with E-state index in [-0.39, 0.29) is 24.9 Å². The molecule has 35 heavy (non-hydrogen) atoms. The molecule has 184 valence electrons. The lowest BCUT2D eigenvalue weighted by molar-refractivity contribution is -0.384. The van der Waals surface area contributed by atoms with Crippen molar-refractivity contribution in [2.24, 2.45) is 0 Å². The summed E-state index contributed by atoms with van der Waals surface area (Å²) in [6, 6.07) is 12.6. The minimum absolute atomic E-state index is 0.119. The van der Waals surface area contributed by atoms with Crippen molar-refractivity contribution >= 4 is 35.1 Å². The lowest BCUT2D eigenvalue weighted by Crippen LogP contribution is -2.52. The molecule has 0 saturated carbocycles. The fourth-order valence-corrected chi connectivity index (χ4v) is 3.92. The van der Waals surface area contributed by atoms with Crippen molar-refractivity contribution in [2.75, 3.05) is 11.9 Å². The van der Waals surface area contributed by atoms with Gasteiger partial charge in [0.1, 0.15) is 12.1 Å². The summed E-state index contributed by atoms with van der Waals surface area (Å²) in [4.78, 5) is 61.1. The average Bonchev–Trinajstić information content (AvgIpc) is 3.33. The van der Waals surface area contributed by atoms with Crippen molar-refractivity contribution in [2.45, 2.75) is 44.2 Å². The van der Waals surface area contributed by atoms with Gasteiger partial charge in [0.25, 0.3) is 5.69 Å². The summed E-state index contributed by atoms with van der Waals surface area (Å²) in [6.45, 7) is 0.342. The summed E-state index contributed by atoms with van der Waals surface area (Å²) in [5.74, 6) is -2.52. The maximum Gasteiger partial charge on any atom is 0.303 e. The molecule has 0 bridgehead atoms. The third kappa shape index (κ3) is 7.10. The SMILES string of the molecule is O=C(O)CCC(=O)N1CCC[C@H]1C(=O)N[C@@H](Cc1ccccc1)C(=O)Nc1ccc([N+](=O)[O-])cc1. The van der Waals surface area contributed by atoms with Crippen LogP contribution in [0.15, 0.2) is 54.6 Å². The summed E-state index contributed by atoms with van der Waals surface area (Å²) in [7, 11) is 0. The number of amides is 3. The molecule has 2 atom stereocenters. The molecule has 0 unspecified atom stereocenters. The van der Waals surface area contributed by atoms with Crippen LogP contribution in [0.1, 0.15) is 31.2 Å². The summed E-state index contributed by atoms with van der Waals surface area (Å²) >= 11 is 0. The topological polar surface area (TPSA) is 159 Å². The number of benzene rings is 2. The molecule has 2 aromatic carbocycles. The summed E-state index contributed by atoms with van der Waals surface area (Å²) in [5.41, 5.74) is 1.02. The van der Waals surface area contributed by atoms with Crippen LogP contribution in [-0.4, -0.2) is 57.2 Å². The minimum Gasteiger partial charge on any atom is -0.481 e. The van der Waals surface area contributed by atoms with Crippen LogP contribution in [0.4, 0.5) is 11.4 Å². The maximum atomic E-state index is 13.1. The molecule has 3 N–H and O–H groups in total. The van der Waals surface area contributed by atoms with Crippen LogP contribution in [0.3, 0.4) is 0 Å². The van der Waals surface area contributed by atoms with Crippen LogP contribution in [0.5, 0.6) is 0 Å². The van der Waals surface area contributed by atoms with Gasteiger partial charge in [-0.05, 0) is 30.5 Å². The van der Waals surface area contributed by atoms with Crippen molar-refractivity contribution in [1.82, 2.24) is 10.2 Å². The Morgan fingerprint density at radius 1 is 1.06 bits per heavy atom. The number of carbonyl (C=O) groups excluding carboxylic acids is 3. The molecule has 2 aromatic rings. The van der Waals surface area contributed by atoms with Crippen molar-refractivity contribution in [1.29, 1.82) is 0 Å². The number of nitrogens with zero attached hydrogens (tertiary/aromatic N) is 2. The second kappa shape index (κ2) is 11.7. The molecule has 11 nitrogen and oxygen atoms in total. The number of carboxylic acids is 1. The van der Waals surface area contributed by atoms with Crippen molar-refractivity contribution in [3.8, 4) is 0 Å². The highest BCUT2D eigenvalue weighted by Crippen LogP contribution is 2.20. The van der Waals surface area contributed by atoms with E-state index in [0.717, 1.165) is 5.56 Å². The van der Waals surface area contributed by atoms with E-state index in [1.165, 1.54) is 29.2 Å². The Balaban J connectivity index is 1.73. The average molecular weight is 482 g/mol. The van der Waals surface area contributed by atoms with Crippen molar-refractivity contribution in [3.05, 3.63) is 70.3 Å². The van der Waals surface area contributed by atoms with Crippen LogP contribution < -0.4 is 10.6 Å². The number of anilines is 1. The highest BCUT2D eigenvalue weighted by Gasteiger charge is 2.35. The largest absolute Gasteiger partial charge is 0.481 e. The molecule has 0 radical (unpaired) electrons. The zero-order chi connectivity index (χ0) is 25.4. The molecule has 3 rings (SSSR count). The van der Waals surface area contributed by atoms with Crippen LogP contribution in [-0.2, 0) is 25.6 Å². The van der Waals surface area contributed by atoms with E-state index in [1.807, 2.05) is 30.3 Å². The molecular formula is C24H26N4O7. The lowest BCUT2D eigenvalue weighted by atomic mass is 10.0. The minimum atomic E-state index is -1.09. The normalized spacial score (nSPS) is 15.8. The van der Waals surface area contributed by atoms with Gasteiger partial charge >= 0.3 is 5.97 Å². The number of likely N-dealkylation sites (tertiary alicyclic amines) is 1. The molecule has 1 aliphatic rings. The van der Waals surface area contributed by atoms with E-state index in [1.54, 1.807) is 0 Å².